The molecule has 3 aromatic carbocycles. The normalized spacial score (nSPS) is 18.8. The Labute approximate surface area is 335 Å². The van der Waals surface area contributed by atoms with Crippen LogP contribution in [0.15, 0.2) is 95.9 Å². The summed E-state index contributed by atoms with van der Waals surface area (Å²) >= 11 is 0. The van der Waals surface area contributed by atoms with Crippen molar-refractivity contribution in [3.05, 3.63) is 118 Å². The zero-order valence-electron chi connectivity index (χ0n) is 33.7. The molecule has 4 aromatic rings. The molecule has 304 valence electrons. The predicted molar refractivity (Wildman–Crippen MR) is 216 cm³/mol. The average molecular weight is 802 g/mol. The molecule has 2 heterocycles. The van der Waals surface area contributed by atoms with Gasteiger partial charge in [0.1, 0.15) is 41.2 Å². The molecule has 14 nitrogen and oxygen atoms in total. The second-order valence-corrected chi connectivity index (χ2v) is 15.3. The van der Waals surface area contributed by atoms with E-state index in [1.807, 2.05) is 78.9 Å². The van der Waals surface area contributed by atoms with Gasteiger partial charge < -0.3 is 38.0 Å². The van der Waals surface area contributed by atoms with Crippen molar-refractivity contribution in [1.82, 2.24) is 14.2 Å². The third-order valence-corrected chi connectivity index (χ3v) is 11.6. The van der Waals surface area contributed by atoms with E-state index in [0.29, 0.717) is 11.5 Å². The van der Waals surface area contributed by atoms with Crippen LogP contribution in [0, 0.1) is 11.3 Å². The monoisotopic (exact) mass is 801 g/mol. The summed E-state index contributed by atoms with van der Waals surface area (Å²) in [7, 11) is 2.97. The van der Waals surface area contributed by atoms with Gasteiger partial charge >= 0.3 is 5.69 Å². The minimum atomic E-state index is -1.79. The first kappa shape index (κ1) is 43.4. The van der Waals surface area contributed by atoms with Crippen molar-refractivity contribution in [2.75, 3.05) is 39.9 Å². The van der Waals surface area contributed by atoms with E-state index in [0.717, 1.165) is 16.7 Å². The molecule has 0 spiro atoms. The molecular formula is C42H52N5O9P. The van der Waals surface area contributed by atoms with Crippen LogP contribution in [0.5, 0.6) is 11.5 Å². The number of nitriles is 1. The second kappa shape index (κ2) is 20.1. The van der Waals surface area contributed by atoms with Crippen molar-refractivity contribution in [2.45, 2.75) is 83.3 Å². The smallest absolute Gasteiger partial charge is 0.351 e. The molecule has 15 heteroatoms. The average Bonchev–Trinajstić information content (AvgIpc) is 3.54. The Balaban J connectivity index is 1.65. The molecule has 1 aliphatic rings. The first-order valence-corrected chi connectivity index (χ1v) is 19.9. The largest absolute Gasteiger partial charge is 0.497 e. The maximum Gasteiger partial charge on any atom is 0.351 e. The van der Waals surface area contributed by atoms with E-state index in [2.05, 4.69) is 48.7 Å². The van der Waals surface area contributed by atoms with Gasteiger partial charge in [0.2, 0.25) is 5.91 Å². The van der Waals surface area contributed by atoms with Gasteiger partial charge in [-0.15, -0.1) is 0 Å². The lowest BCUT2D eigenvalue weighted by atomic mass is 9.80. The summed E-state index contributed by atoms with van der Waals surface area (Å²) in [5.41, 5.74) is 0.622. The first-order valence-electron chi connectivity index (χ1n) is 18.8. The Morgan fingerprint density at radius 3 is 1.98 bits per heavy atom. The molecule has 0 bridgehead atoms. The molecule has 1 saturated heterocycles. The number of hydrogen-bond acceptors (Lipinski definition) is 12. The first-order chi connectivity index (χ1) is 27.5. The van der Waals surface area contributed by atoms with Crippen molar-refractivity contribution in [1.29, 1.82) is 5.26 Å². The van der Waals surface area contributed by atoms with E-state index in [9.17, 15) is 14.9 Å². The Morgan fingerprint density at radius 2 is 1.49 bits per heavy atom. The minimum Gasteiger partial charge on any atom is -0.497 e. The molecule has 1 fully saturated rings. The van der Waals surface area contributed by atoms with Crippen LogP contribution >= 0.6 is 8.53 Å². The van der Waals surface area contributed by atoms with Crippen molar-refractivity contribution < 1.29 is 37.5 Å². The Kier molecular flexibility index (Phi) is 15.3. The molecule has 0 saturated carbocycles. The quantitative estimate of drug-likeness (QED) is 0.0602. The molecule has 57 heavy (non-hydrogen) atoms. The number of anilines is 1. The third-order valence-electron chi connectivity index (χ3n) is 9.48. The van der Waals surface area contributed by atoms with Gasteiger partial charge in [-0.05, 0) is 74.7 Å². The van der Waals surface area contributed by atoms with E-state index < -0.39 is 44.4 Å². The summed E-state index contributed by atoms with van der Waals surface area (Å²) in [4.78, 5) is 29.4. The highest BCUT2D eigenvalue weighted by Crippen LogP contribution is 2.51. The van der Waals surface area contributed by atoms with Gasteiger partial charge in [-0.2, -0.15) is 10.2 Å². The van der Waals surface area contributed by atoms with Gasteiger partial charge in [0.05, 0.1) is 39.9 Å². The number of amides is 1. The van der Waals surface area contributed by atoms with Crippen LogP contribution in [0.4, 0.5) is 5.82 Å². The number of rotatable bonds is 19. The SMILES string of the molecule is COc1ccc(C(OCC2O[C@@H](n3ccc(NC(C)=O)nc3=O)[C@@H](OC)[C@@H]2OP(OCCC#N)N(C(C)C)C(C)C)(c2ccccc2)c2ccc(OC)cc2)cc1. The van der Waals surface area contributed by atoms with Crippen LogP contribution < -0.4 is 20.5 Å². The Morgan fingerprint density at radius 1 is 0.912 bits per heavy atom. The number of nitrogens with one attached hydrogen (secondary N) is 1. The van der Waals surface area contributed by atoms with Crippen molar-refractivity contribution in [3.63, 3.8) is 0 Å². The van der Waals surface area contributed by atoms with Crippen LogP contribution in [-0.2, 0) is 33.7 Å². The lowest BCUT2D eigenvalue weighted by Gasteiger charge is -2.39. The summed E-state index contributed by atoms with van der Waals surface area (Å²) in [5.74, 6) is 1.11. The number of carbonyl (C=O) groups excluding carboxylic acids is 1. The molecule has 5 atom stereocenters. The highest BCUT2D eigenvalue weighted by molar-refractivity contribution is 7.44. The summed E-state index contributed by atoms with van der Waals surface area (Å²) in [5, 5.41) is 11.9. The Hall–Kier alpha value is -4.71. The number of ether oxygens (including phenoxy) is 5. The van der Waals surface area contributed by atoms with Gasteiger partial charge in [0, 0.05) is 32.3 Å². The molecule has 5 rings (SSSR count). The van der Waals surface area contributed by atoms with Crippen LogP contribution in [0.2, 0.25) is 0 Å². The zero-order chi connectivity index (χ0) is 41.1. The van der Waals surface area contributed by atoms with Gasteiger partial charge in [0.15, 0.2) is 6.23 Å². The highest BCUT2D eigenvalue weighted by atomic mass is 31.2. The molecule has 1 N–H and O–H groups in total. The van der Waals surface area contributed by atoms with Crippen LogP contribution in [0.1, 0.15) is 64.0 Å². The van der Waals surface area contributed by atoms with E-state index in [1.54, 1.807) is 14.2 Å². The summed E-state index contributed by atoms with van der Waals surface area (Å²) in [6.45, 7) is 9.63. The van der Waals surface area contributed by atoms with Crippen LogP contribution in [-0.4, -0.2) is 85.1 Å². The van der Waals surface area contributed by atoms with Gasteiger partial charge in [-0.25, -0.2) is 9.46 Å². The second-order valence-electron chi connectivity index (χ2n) is 13.9. The molecule has 0 aliphatic carbocycles. The molecule has 2 unspecified atom stereocenters. The summed E-state index contributed by atoms with van der Waals surface area (Å²) in [6, 6.07) is 29.0. The number of aromatic nitrogens is 2. The number of benzene rings is 3. The van der Waals surface area contributed by atoms with Gasteiger partial charge in [-0.1, -0.05) is 54.6 Å². The fourth-order valence-corrected chi connectivity index (χ4v) is 8.75. The maximum atomic E-state index is 13.6. The van der Waals surface area contributed by atoms with E-state index in [1.165, 1.54) is 30.9 Å². The summed E-state index contributed by atoms with van der Waals surface area (Å²) < 4.78 is 48.0. The standard InChI is InChI=1S/C42H52N5O9P/c1-28(2)47(29(3)4)57(54-26-12-24-43)56-38-36(55-40(39(38)52-8)46-25-23-37(44-30(5)48)45-41(46)49)27-53-42(31-13-10-9-11-14-31,32-15-19-34(50-6)20-16-32)33-17-21-35(51-7)22-18-33/h9-11,13-23,25,28-29,36,38-40H,12,26-27H2,1-8H3,(H,44,45,48,49)/t36?,38-,39+,40-,57?/m1/s1. The molecule has 0 radical (unpaired) electrons. The Bertz CT molecular complexity index is 1930. The maximum absolute atomic E-state index is 13.6. The van der Waals surface area contributed by atoms with Crippen LogP contribution in [0.3, 0.4) is 0 Å². The number of carbonyl (C=O) groups is 1. The van der Waals surface area contributed by atoms with Gasteiger partial charge in [-0.3, -0.25) is 9.36 Å². The topological polar surface area (TPSA) is 156 Å². The van der Waals surface area contributed by atoms with Crippen LogP contribution in [0.25, 0.3) is 0 Å². The van der Waals surface area contributed by atoms with Gasteiger partial charge in [0.25, 0.3) is 8.53 Å². The fourth-order valence-electron chi connectivity index (χ4n) is 6.98. The summed E-state index contributed by atoms with van der Waals surface area (Å²) in [6.07, 6.45) is -1.90. The molecule has 1 aromatic heterocycles. The highest BCUT2D eigenvalue weighted by Gasteiger charge is 2.51. The minimum absolute atomic E-state index is 0.0102. The number of methoxy groups -OCH3 is 3. The molecule has 1 aliphatic heterocycles. The van der Waals surface area contributed by atoms with Crippen molar-refractivity contribution in [3.8, 4) is 17.6 Å². The fraction of sp³-hybridized carbons (Fsp3) is 0.429. The number of nitrogens with zero attached hydrogens (tertiary/aromatic N) is 4. The molecular weight excluding hydrogens is 749 g/mol. The third kappa shape index (κ3) is 10.1. The number of hydrogen-bond donors (Lipinski definition) is 1. The van der Waals surface area contributed by atoms with Crippen molar-refractivity contribution >= 4 is 20.3 Å². The lowest BCUT2D eigenvalue weighted by Crippen LogP contribution is -2.43. The van der Waals surface area contributed by atoms with Crippen molar-refractivity contribution in [2.24, 2.45) is 0 Å². The zero-order valence-corrected chi connectivity index (χ0v) is 34.6. The molecule has 1 amide bonds. The lowest BCUT2D eigenvalue weighted by molar-refractivity contribution is -0.114. The predicted octanol–water partition coefficient (Wildman–Crippen LogP) is 6.80. The van der Waals surface area contributed by atoms with E-state index in [4.69, 9.17) is 32.7 Å². The van der Waals surface area contributed by atoms with E-state index >= 15 is 0 Å². The van der Waals surface area contributed by atoms with E-state index in [-0.39, 0.29) is 43.4 Å².